The third kappa shape index (κ3) is 5.15. The quantitative estimate of drug-likeness (QED) is 0.829. The first-order valence-corrected chi connectivity index (χ1v) is 9.72. The number of ether oxygens (including phenoxy) is 2. The van der Waals surface area contributed by atoms with Gasteiger partial charge in [0.2, 0.25) is 5.91 Å². The largest absolute Gasteiger partial charge is 0.489 e. The summed E-state index contributed by atoms with van der Waals surface area (Å²) >= 11 is 0. The summed E-state index contributed by atoms with van der Waals surface area (Å²) in [7, 11) is 0. The van der Waals surface area contributed by atoms with Crippen molar-refractivity contribution in [3.8, 4) is 5.75 Å². The molecule has 154 valence electrons. The van der Waals surface area contributed by atoms with Crippen LogP contribution in [0.4, 0.5) is 4.79 Å². The molecule has 29 heavy (non-hydrogen) atoms. The van der Waals surface area contributed by atoms with E-state index in [9.17, 15) is 14.7 Å². The summed E-state index contributed by atoms with van der Waals surface area (Å²) in [6, 6.07) is 16.6. The van der Waals surface area contributed by atoms with Crippen molar-refractivity contribution in [2.75, 3.05) is 6.61 Å². The second kappa shape index (κ2) is 8.66. The number of rotatable bonds is 5. The van der Waals surface area contributed by atoms with Gasteiger partial charge < -0.3 is 14.6 Å². The molecule has 1 heterocycles. The van der Waals surface area contributed by atoms with Gasteiger partial charge in [-0.15, -0.1) is 0 Å². The molecule has 2 unspecified atom stereocenters. The Bertz CT molecular complexity index is 842. The first kappa shape index (κ1) is 20.9. The number of imide groups is 1. The lowest BCUT2D eigenvalue weighted by atomic mass is 9.96. The van der Waals surface area contributed by atoms with Gasteiger partial charge in [-0.2, -0.15) is 0 Å². The number of aliphatic hydroxyl groups excluding tert-OH is 1. The second-order valence-corrected chi connectivity index (χ2v) is 8.16. The zero-order valence-corrected chi connectivity index (χ0v) is 17.0. The maximum atomic E-state index is 12.9. The van der Waals surface area contributed by atoms with Gasteiger partial charge in [-0.25, -0.2) is 9.69 Å². The molecule has 1 fully saturated rings. The highest BCUT2D eigenvalue weighted by Crippen LogP contribution is 2.34. The van der Waals surface area contributed by atoms with E-state index in [1.165, 1.54) is 0 Å². The number of carbonyl (C=O) groups is 2. The Balaban J connectivity index is 1.68. The van der Waals surface area contributed by atoms with Gasteiger partial charge in [0.15, 0.2) is 0 Å². The average molecular weight is 397 g/mol. The number of likely N-dealkylation sites (tertiary alicyclic amines) is 1. The molecule has 0 bridgehead atoms. The number of nitrogens with zero attached hydrogens (tertiary/aromatic N) is 1. The van der Waals surface area contributed by atoms with Crippen LogP contribution in [0, 0.1) is 0 Å². The van der Waals surface area contributed by atoms with Crippen LogP contribution in [0.1, 0.15) is 44.2 Å². The van der Waals surface area contributed by atoms with Crippen molar-refractivity contribution in [1.82, 2.24) is 4.90 Å². The Hall–Kier alpha value is -2.86. The van der Waals surface area contributed by atoms with Crippen molar-refractivity contribution >= 4 is 12.0 Å². The maximum absolute atomic E-state index is 12.9. The molecule has 6 nitrogen and oxygen atoms in total. The molecule has 6 heteroatoms. The molecule has 2 amide bonds. The molecule has 0 spiro atoms. The first-order valence-electron chi connectivity index (χ1n) is 9.72. The molecule has 0 radical (unpaired) electrons. The lowest BCUT2D eigenvalue weighted by molar-refractivity contribution is -0.129. The Morgan fingerprint density at radius 1 is 1.10 bits per heavy atom. The minimum Gasteiger partial charge on any atom is -0.489 e. The molecule has 1 N–H and O–H groups in total. The fourth-order valence-electron chi connectivity index (χ4n) is 3.35. The predicted octanol–water partition coefficient (Wildman–Crippen LogP) is 3.88. The Morgan fingerprint density at radius 2 is 1.76 bits per heavy atom. The molecule has 2 aromatic carbocycles. The van der Waals surface area contributed by atoms with E-state index in [0.717, 1.165) is 16.0 Å². The van der Waals surface area contributed by atoms with Crippen LogP contribution in [0.3, 0.4) is 0 Å². The van der Waals surface area contributed by atoms with Crippen LogP contribution in [-0.2, 0) is 16.1 Å². The number of carbonyl (C=O) groups excluding carboxylic acids is 2. The zero-order chi connectivity index (χ0) is 21.0. The topological polar surface area (TPSA) is 76.1 Å². The number of hydrogen-bond donors (Lipinski definition) is 1. The molecule has 1 aliphatic heterocycles. The molecular weight excluding hydrogens is 370 g/mol. The molecule has 0 saturated carbocycles. The van der Waals surface area contributed by atoms with Crippen molar-refractivity contribution in [1.29, 1.82) is 0 Å². The summed E-state index contributed by atoms with van der Waals surface area (Å²) in [5.74, 6) is -0.148. The van der Waals surface area contributed by atoms with E-state index in [0.29, 0.717) is 18.8 Å². The standard InChI is InChI=1S/C23H27NO5/c1-23(2,3)29-22(27)24-18(14-25)13-20(21(24)26)17-9-11-19(12-10-17)28-15-16-7-5-4-6-8-16/h4-12,18,20,25H,13-15H2,1-3H3. The van der Waals surface area contributed by atoms with Gasteiger partial charge in [0.05, 0.1) is 18.6 Å². The molecule has 2 atom stereocenters. The zero-order valence-electron chi connectivity index (χ0n) is 17.0. The van der Waals surface area contributed by atoms with Crippen molar-refractivity contribution in [3.63, 3.8) is 0 Å². The summed E-state index contributed by atoms with van der Waals surface area (Å²) in [4.78, 5) is 26.4. The minimum absolute atomic E-state index is 0.292. The smallest absolute Gasteiger partial charge is 0.417 e. The Morgan fingerprint density at radius 3 is 2.34 bits per heavy atom. The summed E-state index contributed by atoms with van der Waals surface area (Å²) in [6.07, 6.45) is -0.356. The van der Waals surface area contributed by atoms with Crippen LogP contribution >= 0.6 is 0 Å². The Labute approximate surface area is 171 Å². The van der Waals surface area contributed by atoms with Gasteiger partial charge >= 0.3 is 6.09 Å². The minimum atomic E-state index is -0.716. The lowest BCUT2D eigenvalue weighted by Gasteiger charge is -2.26. The number of benzene rings is 2. The van der Waals surface area contributed by atoms with Gasteiger partial charge in [-0.1, -0.05) is 42.5 Å². The normalized spacial score (nSPS) is 19.3. The van der Waals surface area contributed by atoms with Crippen molar-refractivity contribution < 1.29 is 24.2 Å². The molecule has 0 aromatic heterocycles. The van der Waals surface area contributed by atoms with Crippen LogP contribution in [0.5, 0.6) is 5.75 Å². The van der Waals surface area contributed by atoms with Crippen LogP contribution in [0.2, 0.25) is 0 Å². The fraction of sp³-hybridized carbons (Fsp3) is 0.391. The van der Waals surface area contributed by atoms with E-state index in [1.807, 2.05) is 54.6 Å². The van der Waals surface area contributed by atoms with E-state index in [4.69, 9.17) is 9.47 Å². The molecular formula is C23H27NO5. The summed E-state index contributed by atoms with van der Waals surface area (Å²) in [6.45, 7) is 5.39. The Kier molecular flexibility index (Phi) is 6.23. The monoisotopic (exact) mass is 397 g/mol. The van der Waals surface area contributed by atoms with Crippen LogP contribution in [0.25, 0.3) is 0 Å². The van der Waals surface area contributed by atoms with E-state index in [2.05, 4.69) is 0 Å². The SMILES string of the molecule is CC(C)(C)OC(=O)N1C(=O)C(c2ccc(OCc3ccccc3)cc2)CC1CO. The van der Waals surface area contributed by atoms with Crippen molar-refractivity contribution in [2.24, 2.45) is 0 Å². The number of hydrogen-bond acceptors (Lipinski definition) is 5. The van der Waals surface area contributed by atoms with Crippen LogP contribution in [-0.4, -0.2) is 40.3 Å². The van der Waals surface area contributed by atoms with Gasteiger partial charge in [0, 0.05) is 0 Å². The van der Waals surface area contributed by atoms with E-state index in [-0.39, 0.29) is 12.5 Å². The number of aliphatic hydroxyl groups is 1. The molecule has 2 aromatic rings. The third-order valence-electron chi connectivity index (χ3n) is 4.74. The third-order valence-corrected chi connectivity index (χ3v) is 4.74. The maximum Gasteiger partial charge on any atom is 0.417 e. The number of amides is 2. The molecule has 0 aliphatic carbocycles. The highest BCUT2D eigenvalue weighted by atomic mass is 16.6. The predicted molar refractivity (Wildman–Crippen MR) is 109 cm³/mol. The second-order valence-electron chi connectivity index (χ2n) is 8.16. The summed E-state index contributed by atoms with van der Waals surface area (Å²) < 4.78 is 11.1. The van der Waals surface area contributed by atoms with Gasteiger partial charge in [-0.3, -0.25) is 4.79 Å². The highest BCUT2D eigenvalue weighted by Gasteiger charge is 2.45. The molecule has 3 rings (SSSR count). The van der Waals surface area contributed by atoms with Gasteiger partial charge in [0.1, 0.15) is 18.0 Å². The van der Waals surface area contributed by atoms with Crippen molar-refractivity contribution in [2.45, 2.75) is 51.4 Å². The van der Waals surface area contributed by atoms with E-state index >= 15 is 0 Å². The van der Waals surface area contributed by atoms with Crippen molar-refractivity contribution in [3.05, 3.63) is 65.7 Å². The summed E-state index contributed by atoms with van der Waals surface area (Å²) in [5.41, 5.74) is 1.14. The van der Waals surface area contributed by atoms with Crippen LogP contribution in [0.15, 0.2) is 54.6 Å². The average Bonchev–Trinajstić information content (AvgIpc) is 3.03. The highest BCUT2D eigenvalue weighted by molar-refractivity contribution is 5.98. The fourth-order valence-corrected chi connectivity index (χ4v) is 3.35. The van der Waals surface area contributed by atoms with Crippen LogP contribution < -0.4 is 4.74 Å². The molecule has 1 saturated heterocycles. The molecule has 1 aliphatic rings. The van der Waals surface area contributed by atoms with E-state index < -0.39 is 23.7 Å². The first-order chi connectivity index (χ1) is 13.8. The van der Waals surface area contributed by atoms with E-state index in [1.54, 1.807) is 20.8 Å². The van der Waals surface area contributed by atoms with Gasteiger partial charge in [-0.05, 0) is 50.5 Å². The van der Waals surface area contributed by atoms with Gasteiger partial charge in [0.25, 0.3) is 0 Å². The summed E-state index contributed by atoms with van der Waals surface area (Å²) in [5, 5.41) is 9.67. The lowest BCUT2D eigenvalue weighted by Crippen LogP contribution is -2.44.